The Balaban J connectivity index is 2.01. The van der Waals surface area contributed by atoms with Crippen molar-refractivity contribution < 1.29 is 13.2 Å². The molecule has 0 fully saturated rings. The fraction of sp³-hybridized carbons (Fsp3) is 0.118. The van der Waals surface area contributed by atoms with E-state index in [1.807, 2.05) is 6.92 Å². The van der Waals surface area contributed by atoms with Crippen LogP contribution in [0.3, 0.4) is 0 Å². The molecule has 0 aliphatic heterocycles. The number of hydrogen-bond acceptors (Lipinski definition) is 5. The van der Waals surface area contributed by atoms with Crippen molar-refractivity contribution >= 4 is 17.5 Å². The maximum Gasteiger partial charge on any atom is 0.225 e. The third-order valence-corrected chi connectivity index (χ3v) is 3.34. The fourth-order valence-electron chi connectivity index (χ4n) is 2.18. The maximum absolute atomic E-state index is 13.9. The molecule has 0 amide bonds. The smallest absolute Gasteiger partial charge is 0.225 e. The molecule has 0 radical (unpaired) electrons. The molecule has 2 heterocycles. The maximum atomic E-state index is 13.9. The SMILES string of the molecule is CCNc1nc(Nc2ccc(F)c(F)c2F)cc(-c2ccncc2)n1. The third kappa shape index (κ3) is 3.68. The lowest BCUT2D eigenvalue weighted by atomic mass is 10.2. The van der Waals surface area contributed by atoms with E-state index in [4.69, 9.17) is 0 Å². The van der Waals surface area contributed by atoms with Gasteiger partial charge in [0.1, 0.15) is 5.82 Å². The Bertz CT molecular complexity index is 887. The van der Waals surface area contributed by atoms with Crippen LogP contribution in [-0.2, 0) is 0 Å². The number of anilines is 3. The lowest BCUT2D eigenvalue weighted by Gasteiger charge is -2.11. The second-order valence-electron chi connectivity index (χ2n) is 5.08. The zero-order valence-electron chi connectivity index (χ0n) is 13.2. The molecule has 128 valence electrons. The standard InChI is InChI=1S/C17H14F3N5/c1-2-22-17-24-13(10-5-7-21-8-6-10)9-14(25-17)23-12-4-3-11(18)15(19)16(12)20/h3-9H,2H2,1H3,(H2,22,23,24,25). The van der Waals surface area contributed by atoms with Gasteiger partial charge in [0.05, 0.1) is 11.4 Å². The van der Waals surface area contributed by atoms with Crippen molar-refractivity contribution in [3.63, 3.8) is 0 Å². The minimum atomic E-state index is -1.54. The molecule has 5 nitrogen and oxygen atoms in total. The summed E-state index contributed by atoms with van der Waals surface area (Å²) >= 11 is 0. The quantitative estimate of drug-likeness (QED) is 0.681. The Morgan fingerprint density at radius 3 is 2.44 bits per heavy atom. The summed E-state index contributed by atoms with van der Waals surface area (Å²) in [6, 6.07) is 7.06. The van der Waals surface area contributed by atoms with Gasteiger partial charge in [0.15, 0.2) is 17.5 Å². The summed E-state index contributed by atoms with van der Waals surface area (Å²) in [7, 11) is 0. The summed E-state index contributed by atoms with van der Waals surface area (Å²) in [6.45, 7) is 2.46. The first-order valence-electron chi connectivity index (χ1n) is 7.52. The zero-order valence-corrected chi connectivity index (χ0v) is 13.2. The minimum absolute atomic E-state index is 0.222. The van der Waals surface area contributed by atoms with E-state index in [1.54, 1.807) is 30.6 Å². The van der Waals surface area contributed by atoms with Crippen LogP contribution in [-0.4, -0.2) is 21.5 Å². The van der Waals surface area contributed by atoms with Crippen LogP contribution in [0.4, 0.5) is 30.6 Å². The Hall–Kier alpha value is -3.16. The molecule has 2 N–H and O–H groups in total. The normalized spacial score (nSPS) is 10.6. The van der Waals surface area contributed by atoms with Gasteiger partial charge in [0.25, 0.3) is 0 Å². The van der Waals surface area contributed by atoms with Gasteiger partial charge in [-0.05, 0) is 31.2 Å². The van der Waals surface area contributed by atoms with E-state index in [1.165, 1.54) is 0 Å². The second-order valence-corrected chi connectivity index (χ2v) is 5.08. The van der Waals surface area contributed by atoms with E-state index < -0.39 is 17.5 Å². The fourth-order valence-corrected chi connectivity index (χ4v) is 2.18. The molecule has 0 atom stereocenters. The number of nitrogens with one attached hydrogen (secondary N) is 2. The Morgan fingerprint density at radius 1 is 0.960 bits per heavy atom. The first kappa shape index (κ1) is 16.7. The molecule has 1 aromatic carbocycles. The van der Waals surface area contributed by atoms with Crippen molar-refractivity contribution in [1.82, 2.24) is 15.0 Å². The van der Waals surface area contributed by atoms with Crippen molar-refractivity contribution in [2.24, 2.45) is 0 Å². The molecule has 0 aliphatic rings. The highest BCUT2D eigenvalue weighted by Crippen LogP contribution is 2.26. The number of halogens is 3. The summed E-state index contributed by atoms with van der Waals surface area (Å²) < 4.78 is 40.3. The summed E-state index contributed by atoms with van der Waals surface area (Å²) in [5.74, 6) is -3.55. The Morgan fingerprint density at radius 2 is 1.72 bits per heavy atom. The number of hydrogen-bond donors (Lipinski definition) is 2. The number of pyridine rings is 1. The highest BCUT2D eigenvalue weighted by Gasteiger charge is 2.15. The minimum Gasteiger partial charge on any atom is -0.354 e. The molecule has 0 saturated heterocycles. The van der Waals surface area contributed by atoms with Crippen LogP contribution >= 0.6 is 0 Å². The highest BCUT2D eigenvalue weighted by molar-refractivity contribution is 5.67. The predicted molar refractivity (Wildman–Crippen MR) is 89.0 cm³/mol. The van der Waals surface area contributed by atoms with Crippen LogP contribution in [0.1, 0.15) is 6.92 Å². The molecule has 25 heavy (non-hydrogen) atoms. The number of rotatable bonds is 5. The van der Waals surface area contributed by atoms with E-state index in [9.17, 15) is 13.2 Å². The van der Waals surface area contributed by atoms with Gasteiger partial charge in [-0.3, -0.25) is 4.98 Å². The molecule has 0 saturated carbocycles. The van der Waals surface area contributed by atoms with Crippen LogP contribution in [0, 0.1) is 17.5 Å². The van der Waals surface area contributed by atoms with Gasteiger partial charge in [-0.25, -0.2) is 18.2 Å². The largest absolute Gasteiger partial charge is 0.354 e. The lowest BCUT2D eigenvalue weighted by Crippen LogP contribution is -2.06. The van der Waals surface area contributed by atoms with Crippen molar-refractivity contribution in [3.8, 4) is 11.3 Å². The van der Waals surface area contributed by atoms with Gasteiger partial charge in [0.2, 0.25) is 5.95 Å². The van der Waals surface area contributed by atoms with E-state index in [-0.39, 0.29) is 11.5 Å². The van der Waals surface area contributed by atoms with E-state index in [0.717, 1.165) is 17.7 Å². The molecular formula is C17H14F3N5. The van der Waals surface area contributed by atoms with E-state index in [2.05, 4.69) is 25.6 Å². The van der Waals surface area contributed by atoms with Crippen LogP contribution in [0.15, 0.2) is 42.7 Å². The van der Waals surface area contributed by atoms with Gasteiger partial charge in [-0.15, -0.1) is 0 Å². The van der Waals surface area contributed by atoms with Gasteiger partial charge < -0.3 is 10.6 Å². The van der Waals surface area contributed by atoms with Crippen LogP contribution in [0.25, 0.3) is 11.3 Å². The summed E-state index contributed by atoms with van der Waals surface area (Å²) in [5, 5.41) is 5.63. The van der Waals surface area contributed by atoms with Gasteiger partial charge in [-0.2, -0.15) is 4.98 Å². The van der Waals surface area contributed by atoms with Gasteiger partial charge in [-0.1, -0.05) is 0 Å². The van der Waals surface area contributed by atoms with Crippen molar-refractivity contribution in [1.29, 1.82) is 0 Å². The number of nitrogens with zero attached hydrogens (tertiary/aromatic N) is 3. The van der Waals surface area contributed by atoms with E-state index in [0.29, 0.717) is 18.2 Å². The van der Waals surface area contributed by atoms with Crippen molar-refractivity contribution in [3.05, 3.63) is 60.2 Å². The average molecular weight is 345 g/mol. The third-order valence-electron chi connectivity index (χ3n) is 3.34. The molecule has 3 aromatic rings. The lowest BCUT2D eigenvalue weighted by molar-refractivity contribution is 0.449. The number of benzene rings is 1. The monoisotopic (exact) mass is 345 g/mol. The molecule has 3 rings (SSSR count). The molecule has 8 heteroatoms. The van der Waals surface area contributed by atoms with E-state index >= 15 is 0 Å². The topological polar surface area (TPSA) is 62.7 Å². The molecule has 0 spiro atoms. The summed E-state index contributed by atoms with van der Waals surface area (Å²) in [4.78, 5) is 12.5. The van der Waals surface area contributed by atoms with Crippen LogP contribution in [0.2, 0.25) is 0 Å². The molecule has 0 unspecified atom stereocenters. The summed E-state index contributed by atoms with van der Waals surface area (Å²) in [6.07, 6.45) is 3.24. The van der Waals surface area contributed by atoms with Crippen molar-refractivity contribution in [2.75, 3.05) is 17.2 Å². The average Bonchev–Trinajstić information content (AvgIpc) is 2.63. The number of aromatic nitrogens is 3. The first-order chi connectivity index (χ1) is 12.1. The van der Waals surface area contributed by atoms with Crippen LogP contribution in [0.5, 0.6) is 0 Å². The molecule has 0 bridgehead atoms. The molecule has 0 aliphatic carbocycles. The first-order valence-corrected chi connectivity index (χ1v) is 7.52. The predicted octanol–water partition coefficient (Wildman–Crippen LogP) is 4.13. The van der Waals surface area contributed by atoms with Crippen molar-refractivity contribution in [2.45, 2.75) is 6.92 Å². The molecular weight excluding hydrogens is 331 g/mol. The van der Waals surface area contributed by atoms with Gasteiger partial charge in [0, 0.05) is 30.6 Å². The second kappa shape index (κ2) is 7.16. The van der Waals surface area contributed by atoms with Crippen LogP contribution < -0.4 is 10.6 Å². The van der Waals surface area contributed by atoms with Gasteiger partial charge >= 0.3 is 0 Å². The Kier molecular flexibility index (Phi) is 4.78. The summed E-state index contributed by atoms with van der Waals surface area (Å²) in [5.41, 5.74) is 1.13. The zero-order chi connectivity index (χ0) is 17.8. The Labute approximate surface area is 142 Å². The highest BCUT2D eigenvalue weighted by atomic mass is 19.2. The molecule has 2 aromatic heterocycles.